The van der Waals surface area contributed by atoms with Gasteiger partial charge in [0.25, 0.3) is 5.56 Å². The lowest BCUT2D eigenvalue weighted by molar-refractivity contribution is -0.142. The Labute approximate surface area is 66.4 Å². The van der Waals surface area contributed by atoms with Crippen LogP contribution in [0.15, 0.2) is 21.9 Å². The Balaban J connectivity index is 3.10. The average molecular weight is 170 g/mol. The Morgan fingerprint density at radius 3 is 2.75 bits per heavy atom. The molecule has 12 heavy (non-hydrogen) atoms. The number of aromatic nitrogens is 2. The number of hydrogen-bond acceptors (Lipinski definition) is 4. The fourth-order valence-corrected chi connectivity index (χ4v) is 0.616. The van der Waals surface area contributed by atoms with Crippen molar-refractivity contribution in [3.05, 3.63) is 33.1 Å². The third-order valence-electron chi connectivity index (χ3n) is 1.02. The molecule has 0 atom stereocenters. The molecule has 1 aromatic heterocycles. The number of aromatic amines is 1. The highest BCUT2D eigenvalue weighted by Crippen LogP contribution is 1.70. The molecule has 0 fully saturated rings. The van der Waals surface area contributed by atoms with E-state index in [0.717, 1.165) is 19.2 Å². The smallest absolute Gasteiger partial charge is 0.333 e. The first-order valence-corrected chi connectivity index (χ1v) is 3.10. The fourth-order valence-electron chi connectivity index (χ4n) is 0.616. The molecule has 64 valence electrons. The van der Waals surface area contributed by atoms with Gasteiger partial charge in [-0.15, -0.1) is 4.73 Å². The second kappa shape index (κ2) is 3.04. The molecule has 1 N–H and O–H groups in total. The van der Waals surface area contributed by atoms with Gasteiger partial charge in [-0.25, -0.2) is 9.59 Å². The Morgan fingerprint density at radius 1 is 1.58 bits per heavy atom. The summed E-state index contributed by atoms with van der Waals surface area (Å²) in [5.74, 6) is -0.635. The second-order valence-corrected chi connectivity index (χ2v) is 2.02. The van der Waals surface area contributed by atoms with Gasteiger partial charge in [0.1, 0.15) is 0 Å². The number of nitrogens with one attached hydrogen (secondary N) is 1. The van der Waals surface area contributed by atoms with Crippen molar-refractivity contribution in [2.45, 2.75) is 6.92 Å². The minimum absolute atomic E-state index is 0.539. The van der Waals surface area contributed by atoms with Crippen molar-refractivity contribution in [3.63, 3.8) is 0 Å². The number of carbonyl (C=O) groups is 1. The Kier molecular flexibility index (Phi) is 2.09. The number of carbonyl (C=O) groups excluding carboxylic acids is 1. The standard InChI is InChI=1S/C6H6N2O4/c1-4(9)12-8-3-2-5(10)7-6(8)11/h2-3H,1H3,(H,7,10,11). The van der Waals surface area contributed by atoms with Gasteiger partial charge in [-0.05, 0) is 0 Å². The molecule has 0 bridgehead atoms. The van der Waals surface area contributed by atoms with Crippen LogP contribution < -0.4 is 16.1 Å². The van der Waals surface area contributed by atoms with Crippen molar-refractivity contribution in [2.24, 2.45) is 0 Å². The average Bonchev–Trinajstić information content (AvgIpc) is 1.94. The second-order valence-electron chi connectivity index (χ2n) is 2.02. The van der Waals surface area contributed by atoms with Crippen LogP contribution in [0.2, 0.25) is 0 Å². The van der Waals surface area contributed by atoms with E-state index in [0.29, 0.717) is 4.73 Å². The molecule has 0 spiro atoms. The topological polar surface area (TPSA) is 81.2 Å². The first-order chi connectivity index (χ1) is 5.59. The Morgan fingerprint density at radius 2 is 2.25 bits per heavy atom. The summed E-state index contributed by atoms with van der Waals surface area (Å²) in [6, 6.07) is 1.07. The van der Waals surface area contributed by atoms with Crippen molar-refractivity contribution in [1.82, 2.24) is 9.71 Å². The third-order valence-corrected chi connectivity index (χ3v) is 1.02. The van der Waals surface area contributed by atoms with Gasteiger partial charge in [-0.3, -0.25) is 9.78 Å². The van der Waals surface area contributed by atoms with Crippen molar-refractivity contribution >= 4 is 5.97 Å². The van der Waals surface area contributed by atoms with Crippen molar-refractivity contribution in [3.8, 4) is 0 Å². The molecule has 0 aliphatic heterocycles. The molecule has 0 saturated heterocycles. The molecule has 0 radical (unpaired) electrons. The lowest BCUT2D eigenvalue weighted by Crippen LogP contribution is -2.34. The molecule has 1 aromatic rings. The monoisotopic (exact) mass is 170 g/mol. The van der Waals surface area contributed by atoms with Gasteiger partial charge in [-0.1, -0.05) is 0 Å². The van der Waals surface area contributed by atoms with Crippen LogP contribution in [0, 0.1) is 0 Å². The third kappa shape index (κ3) is 1.82. The van der Waals surface area contributed by atoms with E-state index in [2.05, 4.69) is 4.84 Å². The molecule has 0 amide bonds. The van der Waals surface area contributed by atoms with Gasteiger partial charge < -0.3 is 4.84 Å². The molecule has 0 unspecified atom stereocenters. The van der Waals surface area contributed by atoms with Crippen LogP contribution in [0.25, 0.3) is 0 Å². The largest absolute Gasteiger partial charge is 0.361 e. The molecule has 0 aliphatic rings. The van der Waals surface area contributed by atoms with Crippen molar-refractivity contribution in [1.29, 1.82) is 0 Å². The van der Waals surface area contributed by atoms with Gasteiger partial charge in [0.2, 0.25) is 0 Å². The highest BCUT2D eigenvalue weighted by molar-refractivity contribution is 5.66. The minimum atomic E-state index is -0.780. The molecular formula is C6H6N2O4. The summed E-state index contributed by atoms with van der Waals surface area (Å²) in [6.07, 6.45) is 1.07. The maximum atomic E-state index is 10.8. The predicted molar refractivity (Wildman–Crippen MR) is 38.6 cm³/mol. The fraction of sp³-hybridized carbons (Fsp3) is 0.167. The van der Waals surface area contributed by atoms with E-state index in [1.54, 1.807) is 0 Å². The van der Waals surface area contributed by atoms with Gasteiger partial charge in [-0.2, -0.15) is 0 Å². The van der Waals surface area contributed by atoms with Crippen molar-refractivity contribution < 1.29 is 9.63 Å². The Bertz CT molecular complexity index is 402. The molecule has 6 heteroatoms. The lowest BCUT2D eigenvalue weighted by Gasteiger charge is -2.00. The predicted octanol–water partition coefficient (Wildman–Crippen LogP) is -1.49. The van der Waals surface area contributed by atoms with Gasteiger partial charge in [0.15, 0.2) is 0 Å². The van der Waals surface area contributed by atoms with Crippen LogP contribution in [-0.4, -0.2) is 15.7 Å². The summed E-state index contributed by atoms with van der Waals surface area (Å²) >= 11 is 0. The number of H-pyrrole nitrogens is 1. The first kappa shape index (κ1) is 8.25. The number of nitrogens with zero attached hydrogens (tertiary/aromatic N) is 1. The summed E-state index contributed by atoms with van der Waals surface area (Å²) in [5.41, 5.74) is -1.32. The summed E-state index contributed by atoms with van der Waals surface area (Å²) in [7, 11) is 0. The maximum Gasteiger partial charge on any atom is 0.361 e. The van der Waals surface area contributed by atoms with Crippen LogP contribution in [0.1, 0.15) is 6.92 Å². The molecule has 0 saturated carbocycles. The van der Waals surface area contributed by atoms with E-state index < -0.39 is 17.2 Å². The number of rotatable bonds is 1. The maximum absolute atomic E-state index is 10.8. The van der Waals surface area contributed by atoms with Crippen LogP contribution in [0.4, 0.5) is 0 Å². The van der Waals surface area contributed by atoms with Gasteiger partial charge >= 0.3 is 11.7 Å². The molecule has 0 aliphatic carbocycles. The van der Waals surface area contributed by atoms with Gasteiger partial charge in [0.05, 0.1) is 6.20 Å². The zero-order valence-corrected chi connectivity index (χ0v) is 6.23. The molecule has 0 aromatic carbocycles. The summed E-state index contributed by atoms with van der Waals surface area (Å²) in [6.45, 7) is 1.15. The van der Waals surface area contributed by atoms with E-state index >= 15 is 0 Å². The summed E-state index contributed by atoms with van der Waals surface area (Å²) in [5, 5.41) is 0. The lowest BCUT2D eigenvalue weighted by atomic mass is 10.7. The van der Waals surface area contributed by atoms with Crippen LogP contribution in [0.3, 0.4) is 0 Å². The summed E-state index contributed by atoms with van der Waals surface area (Å²) in [4.78, 5) is 38.0. The first-order valence-electron chi connectivity index (χ1n) is 3.10. The van der Waals surface area contributed by atoms with E-state index in [-0.39, 0.29) is 0 Å². The van der Waals surface area contributed by atoms with Gasteiger partial charge in [0, 0.05) is 13.0 Å². The Hall–Kier alpha value is -1.85. The van der Waals surface area contributed by atoms with Crippen LogP contribution in [-0.2, 0) is 4.79 Å². The summed E-state index contributed by atoms with van der Waals surface area (Å²) < 4.78 is 0.643. The normalized spacial score (nSPS) is 9.42. The van der Waals surface area contributed by atoms with E-state index in [1.165, 1.54) is 0 Å². The quantitative estimate of drug-likeness (QED) is 0.556. The molecule has 1 heterocycles. The highest BCUT2D eigenvalue weighted by Gasteiger charge is 1.98. The molecule has 1 rings (SSSR count). The molecule has 6 nitrogen and oxygen atoms in total. The molecular weight excluding hydrogens is 164 g/mol. The van der Waals surface area contributed by atoms with Crippen molar-refractivity contribution in [2.75, 3.05) is 0 Å². The SMILES string of the molecule is CC(=O)On1ccc(=O)[nH]c1=O. The highest BCUT2D eigenvalue weighted by atomic mass is 16.7. The van der Waals surface area contributed by atoms with E-state index in [4.69, 9.17) is 0 Å². The van der Waals surface area contributed by atoms with Crippen LogP contribution in [0.5, 0.6) is 0 Å². The van der Waals surface area contributed by atoms with E-state index in [1.807, 2.05) is 4.98 Å². The zero-order valence-electron chi connectivity index (χ0n) is 6.23. The van der Waals surface area contributed by atoms with Crippen LogP contribution >= 0.6 is 0 Å². The van der Waals surface area contributed by atoms with E-state index in [9.17, 15) is 14.4 Å². The zero-order chi connectivity index (χ0) is 9.14. The number of hydrogen-bond donors (Lipinski definition) is 1. The minimum Gasteiger partial charge on any atom is -0.333 e.